The molecule has 1 heterocycles. The van der Waals surface area contributed by atoms with Crippen LogP contribution in [0.15, 0.2) is 18.2 Å². The third-order valence-corrected chi connectivity index (χ3v) is 3.65. The lowest BCUT2D eigenvalue weighted by Crippen LogP contribution is -2.41. The van der Waals surface area contributed by atoms with Gasteiger partial charge in [-0.25, -0.2) is 0 Å². The number of rotatable bonds is 3. The van der Waals surface area contributed by atoms with Gasteiger partial charge in [0.2, 0.25) is 0 Å². The standard InChI is InChI=1S/C14H22N2O/c1-11-10-13(4-5-14(11)17-3)16-8-6-12(15-2)7-9-16/h4-5,10,12,15H,6-9H2,1-3H3. The summed E-state index contributed by atoms with van der Waals surface area (Å²) in [6, 6.07) is 7.13. The minimum absolute atomic E-state index is 0.686. The number of benzene rings is 1. The number of nitrogens with zero attached hydrogens (tertiary/aromatic N) is 1. The summed E-state index contributed by atoms with van der Waals surface area (Å²) < 4.78 is 5.29. The molecular weight excluding hydrogens is 212 g/mol. The summed E-state index contributed by atoms with van der Waals surface area (Å²) in [5.74, 6) is 0.971. The van der Waals surface area contributed by atoms with E-state index in [0.29, 0.717) is 6.04 Å². The third kappa shape index (κ3) is 2.72. The van der Waals surface area contributed by atoms with Gasteiger partial charge in [0.25, 0.3) is 0 Å². The molecule has 1 aliphatic heterocycles. The van der Waals surface area contributed by atoms with E-state index >= 15 is 0 Å². The van der Waals surface area contributed by atoms with Crippen molar-refractivity contribution in [2.45, 2.75) is 25.8 Å². The van der Waals surface area contributed by atoms with Gasteiger partial charge in [0, 0.05) is 24.8 Å². The Labute approximate surface area is 104 Å². The minimum atomic E-state index is 0.686. The zero-order chi connectivity index (χ0) is 12.3. The van der Waals surface area contributed by atoms with Crippen LogP contribution in [0.25, 0.3) is 0 Å². The molecular formula is C14H22N2O. The minimum Gasteiger partial charge on any atom is -0.496 e. The van der Waals surface area contributed by atoms with Gasteiger partial charge in [0.15, 0.2) is 0 Å². The molecule has 1 aromatic rings. The van der Waals surface area contributed by atoms with Gasteiger partial charge in [-0.3, -0.25) is 0 Å². The Hall–Kier alpha value is -1.22. The van der Waals surface area contributed by atoms with Gasteiger partial charge in [-0.05, 0) is 50.6 Å². The normalized spacial score (nSPS) is 17.2. The van der Waals surface area contributed by atoms with Crippen LogP contribution >= 0.6 is 0 Å². The number of ether oxygens (including phenoxy) is 1. The van der Waals surface area contributed by atoms with Gasteiger partial charge in [0.05, 0.1) is 7.11 Å². The van der Waals surface area contributed by atoms with Gasteiger partial charge in [-0.1, -0.05) is 0 Å². The summed E-state index contributed by atoms with van der Waals surface area (Å²) >= 11 is 0. The van der Waals surface area contributed by atoms with Crippen LogP contribution in [0, 0.1) is 6.92 Å². The lowest BCUT2D eigenvalue weighted by Gasteiger charge is -2.33. The molecule has 0 unspecified atom stereocenters. The number of aryl methyl sites for hydroxylation is 1. The fourth-order valence-electron chi connectivity index (χ4n) is 2.49. The smallest absolute Gasteiger partial charge is 0.121 e. The molecule has 0 aliphatic carbocycles. The molecule has 17 heavy (non-hydrogen) atoms. The molecule has 0 spiro atoms. The molecule has 3 nitrogen and oxygen atoms in total. The van der Waals surface area contributed by atoms with Crippen LogP contribution in [-0.4, -0.2) is 33.3 Å². The van der Waals surface area contributed by atoms with Crippen LogP contribution in [0.1, 0.15) is 18.4 Å². The largest absolute Gasteiger partial charge is 0.496 e. The van der Waals surface area contributed by atoms with Gasteiger partial charge < -0.3 is 15.0 Å². The summed E-state index contributed by atoms with van der Waals surface area (Å²) in [5.41, 5.74) is 2.53. The summed E-state index contributed by atoms with van der Waals surface area (Å²) in [4.78, 5) is 2.46. The number of methoxy groups -OCH3 is 1. The molecule has 0 atom stereocenters. The first-order chi connectivity index (χ1) is 8.24. The first kappa shape index (κ1) is 12.2. The van der Waals surface area contributed by atoms with Crippen LogP contribution in [0.5, 0.6) is 5.75 Å². The van der Waals surface area contributed by atoms with Crippen LogP contribution < -0.4 is 15.0 Å². The van der Waals surface area contributed by atoms with Crippen molar-refractivity contribution >= 4 is 5.69 Å². The first-order valence-electron chi connectivity index (χ1n) is 6.31. The van der Waals surface area contributed by atoms with Crippen LogP contribution in [0.2, 0.25) is 0 Å². The molecule has 1 saturated heterocycles. The molecule has 1 aliphatic rings. The molecule has 1 aromatic carbocycles. The van der Waals surface area contributed by atoms with E-state index in [2.05, 4.69) is 42.4 Å². The highest BCUT2D eigenvalue weighted by Crippen LogP contribution is 2.26. The van der Waals surface area contributed by atoms with Crippen molar-refractivity contribution in [1.29, 1.82) is 0 Å². The molecule has 0 aromatic heterocycles. The van der Waals surface area contributed by atoms with E-state index in [1.165, 1.54) is 24.1 Å². The zero-order valence-corrected chi connectivity index (χ0v) is 11.0. The molecule has 0 amide bonds. The van der Waals surface area contributed by atoms with Gasteiger partial charge in [-0.15, -0.1) is 0 Å². The molecule has 1 fully saturated rings. The summed E-state index contributed by atoms with van der Waals surface area (Å²) in [7, 11) is 3.78. The van der Waals surface area contributed by atoms with Gasteiger partial charge in [0.1, 0.15) is 5.75 Å². The molecule has 0 saturated carbocycles. The highest BCUT2D eigenvalue weighted by molar-refractivity contribution is 5.53. The first-order valence-corrected chi connectivity index (χ1v) is 6.31. The maximum atomic E-state index is 5.29. The topological polar surface area (TPSA) is 24.5 Å². The SMILES string of the molecule is CNC1CCN(c2ccc(OC)c(C)c2)CC1. The Bertz CT molecular complexity index is 370. The Kier molecular flexibility index (Phi) is 3.89. The third-order valence-electron chi connectivity index (χ3n) is 3.65. The van der Waals surface area contributed by atoms with Crippen molar-refractivity contribution in [3.63, 3.8) is 0 Å². The summed E-state index contributed by atoms with van der Waals surface area (Å²) in [5, 5.41) is 3.36. The predicted molar refractivity (Wildman–Crippen MR) is 72.0 cm³/mol. The highest BCUT2D eigenvalue weighted by atomic mass is 16.5. The van der Waals surface area contributed by atoms with Crippen molar-refractivity contribution in [2.75, 3.05) is 32.1 Å². The van der Waals surface area contributed by atoms with Crippen molar-refractivity contribution in [1.82, 2.24) is 5.32 Å². The van der Waals surface area contributed by atoms with Crippen molar-refractivity contribution in [3.8, 4) is 5.75 Å². The second kappa shape index (κ2) is 5.41. The van der Waals surface area contributed by atoms with Crippen LogP contribution in [0.4, 0.5) is 5.69 Å². The number of anilines is 1. The highest BCUT2D eigenvalue weighted by Gasteiger charge is 2.18. The van der Waals surface area contributed by atoms with Crippen LogP contribution in [0.3, 0.4) is 0 Å². The average Bonchev–Trinajstić information content (AvgIpc) is 2.39. The fourth-order valence-corrected chi connectivity index (χ4v) is 2.49. The maximum absolute atomic E-state index is 5.29. The molecule has 0 bridgehead atoms. The van der Waals surface area contributed by atoms with Gasteiger partial charge >= 0.3 is 0 Å². The van der Waals surface area contributed by atoms with Gasteiger partial charge in [-0.2, -0.15) is 0 Å². The Morgan fingerprint density at radius 3 is 2.53 bits per heavy atom. The van der Waals surface area contributed by atoms with Crippen molar-refractivity contribution in [2.24, 2.45) is 0 Å². The van der Waals surface area contributed by atoms with Crippen molar-refractivity contribution in [3.05, 3.63) is 23.8 Å². The lowest BCUT2D eigenvalue weighted by molar-refractivity contribution is 0.411. The molecule has 0 radical (unpaired) electrons. The summed E-state index contributed by atoms with van der Waals surface area (Å²) in [6.07, 6.45) is 2.45. The molecule has 3 heteroatoms. The predicted octanol–water partition coefficient (Wildman–Crippen LogP) is 2.19. The van der Waals surface area contributed by atoms with E-state index < -0.39 is 0 Å². The van der Waals surface area contributed by atoms with E-state index in [-0.39, 0.29) is 0 Å². The fraction of sp³-hybridized carbons (Fsp3) is 0.571. The summed E-state index contributed by atoms with van der Waals surface area (Å²) in [6.45, 7) is 4.37. The molecule has 1 N–H and O–H groups in total. The van der Waals surface area contributed by atoms with E-state index in [0.717, 1.165) is 18.8 Å². The second-order valence-electron chi connectivity index (χ2n) is 4.70. The zero-order valence-electron chi connectivity index (χ0n) is 11.0. The quantitative estimate of drug-likeness (QED) is 0.867. The van der Waals surface area contributed by atoms with Crippen LogP contribution in [-0.2, 0) is 0 Å². The molecule has 2 rings (SSSR count). The van der Waals surface area contributed by atoms with Crippen molar-refractivity contribution < 1.29 is 4.74 Å². The van der Waals surface area contributed by atoms with E-state index in [1.54, 1.807) is 7.11 Å². The molecule has 94 valence electrons. The Morgan fingerprint density at radius 1 is 1.29 bits per heavy atom. The monoisotopic (exact) mass is 234 g/mol. The van der Waals surface area contributed by atoms with E-state index in [1.807, 2.05) is 0 Å². The van der Waals surface area contributed by atoms with E-state index in [4.69, 9.17) is 4.74 Å². The number of nitrogens with one attached hydrogen (secondary N) is 1. The number of hydrogen-bond acceptors (Lipinski definition) is 3. The number of piperidine rings is 1. The number of hydrogen-bond donors (Lipinski definition) is 1. The van der Waals surface area contributed by atoms with E-state index in [9.17, 15) is 0 Å². The Balaban J connectivity index is 2.06. The Morgan fingerprint density at radius 2 is 2.00 bits per heavy atom. The maximum Gasteiger partial charge on any atom is 0.121 e. The lowest BCUT2D eigenvalue weighted by atomic mass is 10.0. The second-order valence-corrected chi connectivity index (χ2v) is 4.70. The average molecular weight is 234 g/mol.